The summed E-state index contributed by atoms with van der Waals surface area (Å²) in [6.07, 6.45) is 0.472. The van der Waals surface area contributed by atoms with Gasteiger partial charge in [-0.1, -0.05) is 11.6 Å². The summed E-state index contributed by atoms with van der Waals surface area (Å²) in [7, 11) is 1.41. The number of hydrogen-bond acceptors (Lipinski definition) is 3. The zero-order chi connectivity index (χ0) is 9.30. The van der Waals surface area contributed by atoms with Crippen molar-refractivity contribution in [3.63, 3.8) is 0 Å². The lowest BCUT2D eigenvalue weighted by atomic mass is 10.4. The molecule has 1 amide bonds. The zero-order valence-corrected chi connectivity index (χ0v) is 7.59. The van der Waals surface area contributed by atoms with Crippen LogP contribution in [0, 0.1) is 0 Å². The van der Waals surface area contributed by atoms with Gasteiger partial charge in [0.05, 0.1) is 0 Å². The van der Waals surface area contributed by atoms with E-state index in [2.05, 4.69) is 4.74 Å². The van der Waals surface area contributed by atoms with Crippen molar-refractivity contribution in [2.45, 2.75) is 5.38 Å². The van der Waals surface area contributed by atoms with Crippen LogP contribution >= 0.6 is 23.2 Å². The molecule has 12 heavy (non-hydrogen) atoms. The number of rotatable bonds is 2. The number of cyclic esters (lactones) is 1. The van der Waals surface area contributed by atoms with E-state index in [1.807, 2.05) is 0 Å². The summed E-state index contributed by atoms with van der Waals surface area (Å²) in [5, 5.41) is -0.958. The third-order valence-corrected chi connectivity index (χ3v) is 2.20. The highest BCUT2D eigenvalue weighted by atomic mass is 35.5. The smallest absolute Gasteiger partial charge is 0.336 e. The summed E-state index contributed by atoms with van der Waals surface area (Å²) in [4.78, 5) is 22.1. The molecule has 0 fully saturated rings. The standard InChI is InChI=1S/C6H5Cl2NO3/c1-9(2-10)5-3(7)4(8)6(11)12-5/h2,4H,1H3. The largest absolute Gasteiger partial charge is 0.406 e. The average molecular weight is 210 g/mol. The first-order valence-corrected chi connectivity index (χ1v) is 3.83. The van der Waals surface area contributed by atoms with Crippen LogP contribution < -0.4 is 0 Å². The van der Waals surface area contributed by atoms with Gasteiger partial charge < -0.3 is 4.74 Å². The molecule has 1 rings (SSSR count). The maximum atomic E-state index is 10.8. The summed E-state index contributed by atoms with van der Waals surface area (Å²) < 4.78 is 4.61. The van der Waals surface area contributed by atoms with Crippen LogP contribution in [-0.4, -0.2) is 29.7 Å². The first-order chi connectivity index (χ1) is 5.57. The molecule has 0 N–H and O–H groups in total. The molecule has 0 saturated heterocycles. The molecule has 0 aromatic heterocycles. The number of alkyl halides is 1. The lowest BCUT2D eigenvalue weighted by molar-refractivity contribution is -0.138. The van der Waals surface area contributed by atoms with Crippen molar-refractivity contribution in [3.8, 4) is 0 Å². The lowest BCUT2D eigenvalue weighted by Crippen LogP contribution is -2.16. The summed E-state index contributed by atoms with van der Waals surface area (Å²) in [6, 6.07) is 0. The van der Waals surface area contributed by atoms with E-state index in [1.165, 1.54) is 7.05 Å². The van der Waals surface area contributed by atoms with Gasteiger partial charge in [-0.15, -0.1) is 11.6 Å². The Morgan fingerprint density at radius 3 is 2.58 bits per heavy atom. The normalized spacial score (nSPS) is 22.6. The minimum absolute atomic E-state index is 0.00309. The zero-order valence-electron chi connectivity index (χ0n) is 6.08. The van der Waals surface area contributed by atoms with E-state index < -0.39 is 11.3 Å². The number of nitrogens with zero attached hydrogens (tertiary/aromatic N) is 1. The molecule has 0 aliphatic carbocycles. The maximum absolute atomic E-state index is 10.8. The van der Waals surface area contributed by atoms with E-state index in [9.17, 15) is 9.59 Å². The molecule has 0 bridgehead atoms. The van der Waals surface area contributed by atoms with Crippen molar-refractivity contribution in [2.24, 2.45) is 0 Å². The van der Waals surface area contributed by atoms with Crippen molar-refractivity contribution in [2.75, 3.05) is 7.05 Å². The molecule has 1 aliphatic rings. The Bertz CT molecular complexity index is 264. The minimum atomic E-state index is -0.996. The third kappa shape index (κ3) is 1.40. The predicted molar refractivity (Wildman–Crippen MR) is 42.4 cm³/mol. The van der Waals surface area contributed by atoms with Crippen molar-refractivity contribution in [1.82, 2.24) is 4.90 Å². The molecule has 1 aliphatic heterocycles. The second-order valence-corrected chi connectivity index (χ2v) is 3.00. The summed E-state index contributed by atoms with van der Waals surface area (Å²) >= 11 is 11.1. The van der Waals surface area contributed by atoms with Crippen LogP contribution in [0.3, 0.4) is 0 Å². The van der Waals surface area contributed by atoms with Gasteiger partial charge in [-0.05, 0) is 0 Å². The molecule has 1 heterocycles. The number of carbonyl (C=O) groups excluding carboxylic acids is 2. The van der Waals surface area contributed by atoms with Crippen LogP contribution in [0.4, 0.5) is 0 Å². The highest BCUT2D eigenvalue weighted by Crippen LogP contribution is 2.29. The Hall–Kier alpha value is -0.740. The topological polar surface area (TPSA) is 46.6 Å². The van der Waals surface area contributed by atoms with E-state index in [0.29, 0.717) is 6.41 Å². The number of halogens is 2. The second-order valence-electron chi connectivity index (χ2n) is 2.15. The van der Waals surface area contributed by atoms with Gasteiger partial charge in [0.2, 0.25) is 12.3 Å². The highest BCUT2D eigenvalue weighted by Gasteiger charge is 2.35. The minimum Gasteiger partial charge on any atom is -0.406 e. The fourth-order valence-corrected chi connectivity index (χ4v) is 1.09. The van der Waals surface area contributed by atoms with Gasteiger partial charge in [0.25, 0.3) is 0 Å². The Morgan fingerprint density at radius 2 is 2.25 bits per heavy atom. The van der Waals surface area contributed by atoms with Gasteiger partial charge in [0.1, 0.15) is 5.03 Å². The number of carbonyl (C=O) groups is 2. The van der Waals surface area contributed by atoms with Gasteiger partial charge in [-0.2, -0.15) is 0 Å². The van der Waals surface area contributed by atoms with E-state index >= 15 is 0 Å². The SMILES string of the molecule is CN(C=O)C1=C(Cl)C(Cl)C(=O)O1. The van der Waals surface area contributed by atoms with Gasteiger partial charge in [0, 0.05) is 7.05 Å². The van der Waals surface area contributed by atoms with Crippen LogP contribution in [0.5, 0.6) is 0 Å². The summed E-state index contributed by atoms with van der Waals surface area (Å²) in [6.45, 7) is 0. The average Bonchev–Trinajstić information content (AvgIpc) is 2.32. The molecule has 4 nitrogen and oxygen atoms in total. The molecule has 0 radical (unpaired) electrons. The van der Waals surface area contributed by atoms with Gasteiger partial charge in [-0.25, -0.2) is 4.79 Å². The Balaban J connectivity index is 2.91. The van der Waals surface area contributed by atoms with E-state index in [1.54, 1.807) is 0 Å². The second kappa shape index (κ2) is 3.33. The first-order valence-electron chi connectivity index (χ1n) is 3.01. The number of amides is 1. The van der Waals surface area contributed by atoms with Crippen molar-refractivity contribution in [3.05, 3.63) is 10.9 Å². The molecule has 66 valence electrons. The van der Waals surface area contributed by atoms with Gasteiger partial charge in [0.15, 0.2) is 5.38 Å². The molecule has 1 unspecified atom stereocenters. The van der Waals surface area contributed by atoms with Crippen LogP contribution in [0.25, 0.3) is 0 Å². The van der Waals surface area contributed by atoms with E-state index in [-0.39, 0.29) is 10.9 Å². The molecular formula is C6H5Cl2NO3. The van der Waals surface area contributed by atoms with E-state index in [4.69, 9.17) is 23.2 Å². The summed E-state index contributed by atoms with van der Waals surface area (Å²) in [5.74, 6) is -0.665. The summed E-state index contributed by atoms with van der Waals surface area (Å²) in [5.41, 5.74) is 0. The van der Waals surface area contributed by atoms with Crippen LogP contribution in [-0.2, 0) is 14.3 Å². The lowest BCUT2D eigenvalue weighted by Gasteiger charge is -2.09. The van der Waals surface area contributed by atoms with Crippen molar-refractivity contribution in [1.29, 1.82) is 0 Å². The molecule has 0 spiro atoms. The van der Waals surface area contributed by atoms with Crippen LogP contribution in [0.2, 0.25) is 0 Å². The molecule has 0 saturated carbocycles. The number of esters is 1. The Labute approximate surface area is 78.7 Å². The van der Waals surface area contributed by atoms with Crippen LogP contribution in [0.15, 0.2) is 10.9 Å². The molecule has 0 aromatic carbocycles. The highest BCUT2D eigenvalue weighted by molar-refractivity contribution is 6.44. The van der Waals surface area contributed by atoms with Crippen molar-refractivity contribution >= 4 is 35.6 Å². The van der Waals surface area contributed by atoms with Crippen molar-refractivity contribution < 1.29 is 14.3 Å². The Morgan fingerprint density at radius 1 is 1.67 bits per heavy atom. The Kier molecular flexibility index (Phi) is 2.59. The number of hydrogen-bond donors (Lipinski definition) is 0. The quantitative estimate of drug-likeness (QED) is 0.381. The molecular weight excluding hydrogens is 205 g/mol. The first kappa shape index (κ1) is 9.35. The molecule has 1 atom stereocenters. The fourth-order valence-electron chi connectivity index (χ4n) is 0.696. The van der Waals surface area contributed by atoms with Gasteiger partial charge in [-0.3, -0.25) is 9.69 Å². The van der Waals surface area contributed by atoms with Gasteiger partial charge >= 0.3 is 5.97 Å². The third-order valence-electron chi connectivity index (χ3n) is 1.31. The number of ether oxygens (including phenoxy) is 1. The fraction of sp³-hybridized carbons (Fsp3) is 0.333. The molecule has 6 heteroatoms. The van der Waals surface area contributed by atoms with Crippen LogP contribution in [0.1, 0.15) is 0 Å². The monoisotopic (exact) mass is 209 g/mol. The maximum Gasteiger partial charge on any atom is 0.336 e. The van der Waals surface area contributed by atoms with E-state index in [0.717, 1.165) is 4.90 Å². The predicted octanol–water partition coefficient (Wildman–Crippen LogP) is 0.647. The molecule has 0 aromatic rings.